The number of carboxylic acid groups (broad SMARTS) is 1. The Kier molecular flexibility index (Phi) is 10.7. The SMILES string of the molecule is CS(=O)(=O)N1CCN(C(=O)[C@H]2C[C@H](c3ccccc3)CN(S(=O)(=O)c3cccc(CN)n3)C2)CC1.O=C(O)C(F)(F)F. The largest absolute Gasteiger partial charge is 0.490 e. The Morgan fingerprint density at radius 2 is 1.55 bits per heavy atom. The van der Waals surface area contributed by atoms with Crippen molar-refractivity contribution in [3.05, 3.63) is 59.8 Å². The number of carbonyl (C=O) groups excluding carboxylic acids is 1. The highest BCUT2D eigenvalue weighted by Crippen LogP contribution is 2.34. The number of alkyl halides is 3. The highest BCUT2D eigenvalue weighted by molar-refractivity contribution is 7.89. The number of aromatic nitrogens is 1. The summed E-state index contributed by atoms with van der Waals surface area (Å²) >= 11 is 0. The first-order valence-corrected chi connectivity index (χ1v) is 16.1. The van der Waals surface area contributed by atoms with E-state index < -0.39 is 38.1 Å². The molecule has 1 amide bonds. The molecule has 3 heterocycles. The number of aliphatic carboxylic acids is 1. The number of halogens is 3. The minimum atomic E-state index is -5.08. The Balaban J connectivity index is 0.000000616. The summed E-state index contributed by atoms with van der Waals surface area (Å²) in [5.41, 5.74) is 7.10. The summed E-state index contributed by atoms with van der Waals surface area (Å²) in [7, 11) is -7.27. The molecule has 17 heteroatoms. The number of hydrogen-bond acceptors (Lipinski definition) is 8. The second kappa shape index (κ2) is 13.5. The standard InChI is InChI=1S/C23H31N5O5S2.C2HF3O2/c1-34(30,31)27-12-10-26(11-13-27)23(29)20-14-19(18-6-3-2-4-7-18)16-28(17-20)35(32,33)22-9-5-8-21(15-24)25-22;3-2(4,5)1(6)7/h2-9,19-20H,10-17,24H2,1H3;(H,6,7)/t19-,20-;/m0./s1. The van der Waals surface area contributed by atoms with E-state index in [4.69, 9.17) is 15.6 Å². The van der Waals surface area contributed by atoms with Gasteiger partial charge in [-0.2, -0.15) is 21.8 Å². The second-order valence-corrected chi connectivity index (χ2v) is 13.7. The minimum absolute atomic E-state index is 0.0469. The van der Waals surface area contributed by atoms with Gasteiger partial charge in [-0.1, -0.05) is 36.4 Å². The summed E-state index contributed by atoms with van der Waals surface area (Å²) in [6.45, 7) is 1.44. The number of carbonyl (C=O) groups is 2. The summed E-state index contributed by atoms with van der Waals surface area (Å²) in [6, 6.07) is 14.3. The Morgan fingerprint density at radius 3 is 2.07 bits per heavy atom. The van der Waals surface area contributed by atoms with E-state index in [1.807, 2.05) is 30.3 Å². The van der Waals surface area contributed by atoms with E-state index in [1.165, 1.54) is 14.7 Å². The van der Waals surface area contributed by atoms with E-state index in [1.54, 1.807) is 17.0 Å². The van der Waals surface area contributed by atoms with Gasteiger partial charge in [0.15, 0.2) is 5.03 Å². The Hall–Kier alpha value is -3.12. The molecular formula is C25H32F3N5O7S2. The van der Waals surface area contributed by atoms with Gasteiger partial charge in [0.2, 0.25) is 15.9 Å². The van der Waals surface area contributed by atoms with E-state index in [2.05, 4.69) is 4.98 Å². The number of rotatable bonds is 6. The third-order valence-corrected chi connectivity index (χ3v) is 9.93. The van der Waals surface area contributed by atoms with Crippen LogP contribution >= 0.6 is 0 Å². The van der Waals surface area contributed by atoms with E-state index in [9.17, 15) is 34.8 Å². The van der Waals surface area contributed by atoms with Crippen LogP contribution in [0.3, 0.4) is 0 Å². The lowest BCUT2D eigenvalue weighted by Gasteiger charge is -2.40. The van der Waals surface area contributed by atoms with Crippen molar-refractivity contribution in [1.82, 2.24) is 18.5 Å². The van der Waals surface area contributed by atoms with Crippen LogP contribution in [0.1, 0.15) is 23.6 Å². The van der Waals surface area contributed by atoms with Crippen LogP contribution in [0.5, 0.6) is 0 Å². The molecule has 2 fully saturated rings. The van der Waals surface area contributed by atoms with Crippen LogP contribution in [0.2, 0.25) is 0 Å². The highest BCUT2D eigenvalue weighted by atomic mass is 32.2. The predicted molar refractivity (Wildman–Crippen MR) is 145 cm³/mol. The van der Waals surface area contributed by atoms with Crippen molar-refractivity contribution in [2.24, 2.45) is 11.7 Å². The maximum atomic E-state index is 13.6. The summed E-state index contributed by atoms with van der Waals surface area (Å²) in [4.78, 5) is 28.3. The summed E-state index contributed by atoms with van der Waals surface area (Å²) in [5, 5.41) is 7.04. The van der Waals surface area contributed by atoms with Crippen LogP contribution in [0.25, 0.3) is 0 Å². The fourth-order valence-corrected chi connectivity index (χ4v) is 7.07. The number of nitrogens with zero attached hydrogens (tertiary/aromatic N) is 4. The number of piperazine rings is 1. The van der Waals surface area contributed by atoms with Crippen LogP contribution in [-0.4, -0.2) is 104 Å². The average Bonchev–Trinajstić information content (AvgIpc) is 2.96. The summed E-state index contributed by atoms with van der Waals surface area (Å²) in [6.07, 6.45) is -3.41. The number of carboxylic acids is 1. The van der Waals surface area contributed by atoms with E-state index in [-0.39, 0.29) is 62.7 Å². The van der Waals surface area contributed by atoms with E-state index in [0.717, 1.165) is 11.8 Å². The first-order valence-electron chi connectivity index (χ1n) is 12.8. The maximum Gasteiger partial charge on any atom is 0.490 e. The first-order chi connectivity index (χ1) is 19.5. The van der Waals surface area contributed by atoms with Gasteiger partial charge >= 0.3 is 12.1 Å². The molecular weight excluding hydrogens is 603 g/mol. The molecule has 4 rings (SSSR count). The van der Waals surface area contributed by atoms with Gasteiger partial charge in [0.25, 0.3) is 10.0 Å². The van der Waals surface area contributed by atoms with Crippen LogP contribution in [0.15, 0.2) is 53.6 Å². The van der Waals surface area contributed by atoms with Crippen molar-refractivity contribution in [1.29, 1.82) is 0 Å². The highest BCUT2D eigenvalue weighted by Gasteiger charge is 2.41. The molecule has 2 aliphatic heterocycles. The topological polar surface area (TPSA) is 171 Å². The number of piperidine rings is 1. The van der Waals surface area contributed by atoms with Crippen LogP contribution < -0.4 is 5.73 Å². The quantitative estimate of drug-likeness (QED) is 0.471. The number of pyridine rings is 1. The normalized spacial score (nSPS) is 20.8. The minimum Gasteiger partial charge on any atom is -0.475 e. The van der Waals surface area contributed by atoms with Gasteiger partial charge < -0.3 is 15.7 Å². The number of hydrogen-bond donors (Lipinski definition) is 2. The van der Waals surface area contributed by atoms with Crippen molar-refractivity contribution in [2.45, 2.75) is 30.1 Å². The van der Waals surface area contributed by atoms with Crippen molar-refractivity contribution >= 4 is 31.9 Å². The maximum absolute atomic E-state index is 13.6. The first kappa shape index (κ1) is 33.4. The van der Waals surface area contributed by atoms with Gasteiger partial charge in [-0.05, 0) is 30.0 Å². The van der Waals surface area contributed by atoms with Gasteiger partial charge in [0, 0.05) is 45.8 Å². The van der Waals surface area contributed by atoms with Gasteiger partial charge in [-0.15, -0.1) is 0 Å². The molecule has 2 aromatic rings. The molecule has 12 nitrogen and oxygen atoms in total. The lowest BCUT2D eigenvalue weighted by molar-refractivity contribution is -0.192. The molecule has 0 aliphatic carbocycles. The van der Waals surface area contributed by atoms with Crippen LogP contribution in [0.4, 0.5) is 13.2 Å². The van der Waals surface area contributed by atoms with Crippen LogP contribution in [0, 0.1) is 5.92 Å². The van der Waals surface area contributed by atoms with E-state index >= 15 is 0 Å². The molecule has 2 atom stereocenters. The zero-order chi connectivity index (χ0) is 31.3. The molecule has 42 heavy (non-hydrogen) atoms. The number of nitrogens with two attached hydrogens (primary N) is 1. The molecule has 0 spiro atoms. The van der Waals surface area contributed by atoms with Gasteiger partial charge in [-0.25, -0.2) is 26.6 Å². The number of benzene rings is 1. The van der Waals surface area contributed by atoms with Gasteiger partial charge in [0.1, 0.15) is 0 Å². The number of sulfonamides is 2. The molecule has 2 aliphatic rings. The van der Waals surface area contributed by atoms with E-state index in [0.29, 0.717) is 12.1 Å². The lowest BCUT2D eigenvalue weighted by atomic mass is 9.85. The Labute approximate surface area is 242 Å². The van der Waals surface area contributed by atoms with Crippen LogP contribution in [-0.2, 0) is 36.2 Å². The van der Waals surface area contributed by atoms with Crippen molar-refractivity contribution in [3.8, 4) is 0 Å². The zero-order valence-corrected chi connectivity index (χ0v) is 24.3. The fraction of sp³-hybridized carbons (Fsp3) is 0.480. The van der Waals surface area contributed by atoms with Gasteiger partial charge in [0.05, 0.1) is 17.9 Å². The van der Waals surface area contributed by atoms with Crippen molar-refractivity contribution < 1.29 is 44.7 Å². The summed E-state index contributed by atoms with van der Waals surface area (Å²) < 4.78 is 85.2. The lowest BCUT2D eigenvalue weighted by Crippen LogP contribution is -2.54. The zero-order valence-electron chi connectivity index (χ0n) is 22.6. The average molecular weight is 636 g/mol. The van der Waals surface area contributed by atoms with Gasteiger partial charge in [-0.3, -0.25) is 4.79 Å². The third-order valence-electron chi connectivity index (χ3n) is 6.89. The molecule has 1 aromatic heterocycles. The predicted octanol–water partition coefficient (Wildman–Crippen LogP) is 1.07. The molecule has 2 saturated heterocycles. The molecule has 0 radical (unpaired) electrons. The fourth-order valence-electron chi connectivity index (χ4n) is 4.75. The Morgan fingerprint density at radius 1 is 0.952 bits per heavy atom. The molecule has 232 valence electrons. The molecule has 3 N–H and O–H groups in total. The molecule has 0 saturated carbocycles. The molecule has 1 aromatic carbocycles. The monoisotopic (exact) mass is 635 g/mol. The summed E-state index contributed by atoms with van der Waals surface area (Å²) in [5.74, 6) is -3.62. The second-order valence-electron chi connectivity index (χ2n) is 9.82. The molecule has 0 unspecified atom stereocenters. The third kappa shape index (κ3) is 8.47. The van der Waals surface area contributed by atoms with Crippen molar-refractivity contribution in [2.75, 3.05) is 45.5 Å². The molecule has 0 bridgehead atoms. The smallest absolute Gasteiger partial charge is 0.475 e. The van der Waals surface area contributed by atoms with Crippen molar-refractivity contribution in [3.63, 3.8) is 0 Å². The number of amides is 1. The Bertz CT molecular complexity index is 1470.